The summed E-state index contributed by atoms with van der Waals surface area (Å²) in [5, 5.41) is 3.14. The number of rotatable bonds is 6. The molecular weight excluding hydrogens is 409 g/mol. The van der Waals surface area contributed by atoms with Crippen molar-refractivity contribution in [1.82, 2.24) is 9.88 Å². The van der Waals surface area contributed by atoms with E-state index in [2.05, 4.69) is 15.2 Å². The third-order valence-corrected chi connectivity index (χ3v) is 5.90. The van der Waals surface area contributed by atoms with Crippen molar-refractivity contribution in [2.24, 2.45) is 5.92 Å². The number of aromatic amines is 1. The minimum atomic E-state index is -0.563. The maximum atomic E-state index is 13.0. The molecule has 158 valence electrons. The summed E-state index contributed by atoms with van der Waals surface area (Å²) in [6.07, 6.45) is 3.45. The van der Waals surface area contributed by atoms with E-state index in [1.807, 2.05) is 12.1 Å². The largest absolute Gasteiger partial charge is 0.417 e. The Kier molecular flexibility index (Phi) is 6.20. The number of H-pyrrole nitrogens is 1. The highest BCUT2D eigenvalue weighted by molar-refractivity contribution is 6.34. The van der Waals surface area contributed by atoms with Crippen molar-refractivity contribution in [3.8, 4) is 0 Å². The SMILES string of the molecule is O=C(CCN1CCC(Cc2ccc(F)cc2)CC1)Nc1cc2oc(=O)[nH]c2cc1Cl. The number of oxazole rings is 1. The van der Waals surface area contributed by atoms with Gasteiger partial charge in [0.25, 0.3) is 0 Å². The molecule has 0 unspecified atom stereocenters. The summed E-state index contributed by atoms with van der Waals surface area (Å²) in [4.78, 5) is 28.4. The molecule has 3 aromatic rings. The Morgan fingerprint density at radius 2 is 1.97 bits per heavy atom. The lowest BCUT2D eigenvalue weighted by Crippen LogP contribution is -2.36. The summed E-state index contributed by atoms with van der Waals surface area (Å²) in [6.45, 7) is 2.56. The van der Waals surface area contributed by atoms with E-state index < -0.39 is 5.76 Å². The number of hydrogen-bond donors (Lipinski definition) is 2. The van der Waals surface area contributed by atoms with Crippen molar-refractivity contribution in [1.29, 1.82) is 0 Å². The van der Waals surface area contributed by atoms with Gasteiger partial charge in [0.2, 0.25) is 5.91 Å². The van der Waals surface area contributed by atoms with Crippen molar-refractivity contribution in [2.75, 3.05) is 25.0 Å². The topological polar surface area (TPSA) is 78.3 Å². The number of carbonyl (C=O) groups is 1. The second-order valence-corrected chi connectivity index (χ2v) is 8.16. The van der Waals surface area contributed by atoms with E-state index in [-0.39, 0.29) is 11.7 Å². The van der Waals surface area contributed by atoms with Crippen LogP contribution in [0.1, 0.15) is 24.8 Å². The monoisotopic (exact) mass is 431 g/mol. The Labute approximate surface area is 178 Å². The summed E-state index contributed by atoms with van der Waals surface area (Å²) in [5.41, 5.74) is 2.44. The van der Waals surface area contributed by atoms with E-state index in [4.69, 9.17) is 16.0 Å². The lowest BCUT2D eigenvalue weighted by molar-refractivity contribution is -0.116. The van der Waals surface area contributed by atoms with E-state index >= 15 is 0 Å². The van der Waals surface area contributed by atoms with Gasteiger partial charge >= 0.3 is 5.76 Å². The number of carbonyl (C=O) groups excluding carboxylic acids is 1. The first-order chi connectivity index (χ1) is 14.5. The second-order valence-electron chi connectivity index (χ2n) is 7.76. The number of halogens is 2. The van der Waals surface area contributed by atoms with Gasteiger partial charge in [-0.05, 0) is 62.0 Å². The molecule has 0 spiro atoms. The molecule has 0 aliphatic carbocycles. The van der Waals surface area contributed by atoms with Crippen LogP contribution in [0.3, 0.4) is 0 Å². The van der Waals surface area contributed by atoms with Crippen molar-refractivity contribution in [3.05, 3.63) is 63.4 Å². The first-order valence-corrected chi connectivity index (χ1v) is 10.4. The lowest BCUT2D eigenvalue weighted by Gasteiger charge is -2.31. The minimum absolute atomic E-state index is 0.137. The molecule has 0 atom stereocenters. The molecule has 1 aromatic heterocycles. The molecule has 1 fully saturated rings. The van der Waals surface area contributed by atoms with Gasteiger partial charge in [-0.1, -0.05) is 23.7 Å². The van der Waals surface area contributed by atoms with Crippen molar-refractivity contribution >= 4 is 34.3 Å². The number of nitrogens with zero attached hydrogens (tertiary/aromatic N) is 1. The van der Waals surface area contributed by atoms with Gasteiger partial charge in [-0.3, -0.25) is 9.78 Å². The standard InChI is InChI=1S/C22H23ClFN3O3/c23-17-12-19-20(30-22(29)26-19)13-18(17)25-21(28)7-10-27-8-5-15(6-9-27)11-14-1-3-16(24)4-2-14/h1-4,12-13,15H,5-11H2,(H,25,28)(H,26,29). The Morgan fingerprint density at radius 1 is 1.23 bits per heavy atom. The quantitative estimate of drug-likeness (QED) is 0.613. The van der Waals surface area contributed by atoms with Gasteiger partial charge in [0.15, 0.2) is 5.58 Å². The van der Waals surface area contributed by atoms with Gasteiger partial charge in [0.1, 0.15) is 5.82 Å². The molecule has 6 nitrogen and oxygen atoms in total. The van der Waals surface area contributed by atoms with Crippen molar-refractivity contribution in [2.45, 2.75) is 25.7 Å². The van der Waals surface area contributed by atoms with Crippen LogP contribution in [0.25, 0.3) is 11.1 Å². The highest BCUT2D eigenvalue weighted by Gasteiger charge is 2.20. The summed E-state index contributed by atoms with van der Waals surface area (Å²) in [5.74, 6) is -0.317. The number of amides is 1. The van der Waals surface area contributed by atoms with Crippen LogP contribution in [0.4, 0.5) is 10.1 Å². The van der Waals surface area contributed by atoms with Crippen LogP contribution in [0.5, 0.6) is 0 Å². The van der Waals surface area contributed by atoms with Crippen molar-refractivity contribution < 1.29 is 13.6 Å². The molecule has 1 saturated heterocycles. The molecule has 30 heavy (non-hydrogen) atoms. The maximum Gasteiger partial charge on any atom is 0.417 e. The third-order valence-electron chi connectivity index (χ3n) is 5.58. The normalized spacial score (nSPS) is 15.5. The number of nitrogens with one attached hydrogen (secondary N) is 2. The molecular formula is C22H23ClFN3O3. The fraction of sp³-hybridized carbons (Fsp3) is 0.364. The Bertz CT molecular complexity index is 1090. The number of fused-ring (bicyclic) bond motifs is 1. The van der Waals surface area contributed by atoms with Gasteiger partial charge in [0.05, 0.1) is 16.2 Å². The summed E-state index contributed by atoms with van der Waals surface area (Å²) in [6, 6.07) is 9.84. The zero-order chi connectivity index (χ0) is 21.1. The zero-order valence-corrected chi connectivity index (χ0v) is 17.2. The van der Waals surface area contributed by atoms with Crippen LogP contribution in [0.15, 0.2) is 45.6 Å². The average molecular weight is 432 g/mol. The molecule has 1 amide bonds. The van der Waals surface area contributed by atoms with Crippen LogP contribution >= 0.6 is 11.6 Å². The second kappa shape index (κ2) is 9.02. The van der Waals surface area contributed by atoms with Crippen LogP contribution in [0, 0.1) is 11.7 Å². The van der Waals surface area contributed by atoms with E-state index in [0.717, 1.165) is 32.4 Å². The van der Waals surface area contributed by atoms with Gasteiger partial charge in [0, 0.05) is 19.0 Å². The fourth-order valence-corrected chi connectivity index (χ4v) is 4.12. The van der Waals surface area contributed by atoms with E-state index in [1.165, 1.54) is 17.7 Å². The zero-order valence-electron chi connectivity index (χ0n) is 16.4. The molecule has 2 N–H and O–H groups in total. The maximum absolute atomic E-state index is 13.0. The summed E-state index contributed by atoms with van der Waals surface area (Å²) < 4.78 is 18.0. The molecule has 8 heteroatoms. The van der Waals surface area contributed by atoms with Crippen LogP contribution in [-0.2, 0) is 11.2 Å². The molecule has 1 aliphatic rings. The van der Waals surface area contributed by atoms with Crippen LogP contribution in [0.2, 0.25) is 5.02 Å². The predicted octanol–water partition coefficient (Wildman–Crippen LogP) is 4.20. The predicted molar refractivity (Wildman–Crippen MR) is 114 cm³/mol. The first kappa shape index (κ1) is 20.6. The highest BCUT2D eigenvalue weighted by Crippen LogP contribution is 2.27. The Morgan fingerprint density at radius 3 is 2.70 bits per heavy atom. The van der Waals surface area contributed by atoms with E-state index in [9.17, 15) is 14.0 Å². The van der Waals surface area contributed by atoms with E-state index in [1.54, 1.807) is 12.1 Å². The van der Waals surface area contributed by atoms with Gasteiger partial charge in [-0.25, -0.2) is 9.18 Å². The van der Waals surface area contributed by atoms with Gasteiger partial charge < -0.3 is 14.6 Å². The lowest BCUT2D eigenvalue weighted by atomic mass is 9.90. The number of hydrogen-bond acceptors (Lipinski definition) is 4. The van der Waals surface area contributed by atoms with E-state index in [0.29, 0.717) is 40.7 Å². The minimum Gasteiger partial charge on any atom is -0.408 e. The first-order valence-electron chi connectivity index (χ1n) is 10.1. The van der Waals surface area contributed by atoms with Crippen LogP contribution in [-0.4, -0.2) is 35.4 Å². The number of anilines is 1. The Hall–Kier alpha value is -2.64. The van der Waals surface area contributed by atoms with Gasteiger partial charge in [-0.2, -0.15) is 0 Å². The van der Waals surface area contributed by atoms with Gasteiger partial charge in [-0.15, -0.1) is 0 Å². The number of piperidine rings is 1. The smallest absolute Gasteiger partial charge is 0.408 e. The molecule has 0 saturated carbocycles. The molecule has 1 aliphatic heterocycles. The van der Waals surface area contributed by atoms with Crippen LogP contribution < -0.4 is 11.1 Å². The number of benzene rings is 2. The molecule has 0 bridgehead atoms. The molecule has 0 radical (unpaired) electrons. The summed E-state index contributed by atoms with van der Waals surface area (Å²) in [7, 11) is 0. The molecule has 2 aromatic carbocycles. The third kappa shape index (κ3) is 5.09. The number of likely N-dealkylation sites (tertiary alicyclic amines) is 1. The Balaban J connectivity index is 1.23. The van der Waals surface area contributed by atoms with Crippen molar-refractivity contribution in [3.63, 3.8) is 0 Å². The highest BCUT2D eigenvalue weighted by atomic mass is 35.5. The average Bonchev–Trinajstić information content (AvgIpc) is 3.08. The molecule has 4 rings (SSSR count). The number of aromatic nitrogens is 1. The summed E-state index contributed by atoms with van der Waals surface area (Å²) >= 11 is 6.19. The fourth-order valence-electron chi connectivity index (χ4n) is 3.91. The molecule has 2 heterocycles.